The SMILES string of the molecule is CCOc1ccc(NCCOc2cccc(C)c2)cc1. The number of anilines is 1. The Morgan fingerprint density at radius 1 is 0.950 bits per heavy atom. The summed E-state index contributed by atoms with van der Waals surface area (Å²) in [5.41, 5.74) is 2.28. The molecule has 0 aliphatic heterocycles. The molecule has 0 saturated carbocycles. The van der Waals surface area contributed by atoms with Gasteiger partial charge in [-0.1, -0.05) is 12.1 Å². The quantitative estimate of drug-likeness (QED) is 0.775. The summed E-state index contributed by atoms with van der Waals surface area (Å²) in [5.74, 6) is 1.81. The maximum atomic E-state index is 5.68. The standard InChI is InChI=1S/C17H21NO2/c1-3-19-16-9-7-15(8-10-16)18-11-12-20-17-6-4-5-14(2)13-17/h4-10,13,18H,3,11-12H2,1-2H3. The van der Waals surface area contributed by atoms with E-state index in [-0.39, 0.29) is 0 Å². The van der Waals surface area contributed by atoms with Gasteiger partial charge < -0.3 is 14.8 Å². The van der Waals surface area contributed by atoms with Crippen LogP contribution in [0.15, 0.2) is 48.5 Å². The molecule has 20 heavy (non-hydrogen) atoms. The van der Waals surface area contributed by atoms with Gasteiger partial charge in [0.2, 0.25) is 0 Å². The van der Waals surface area contributed by atoms with E-state index in [0.29, 0.717) is 13.2 Å². The molecule has 0 radical (unpaired) electrons. The van der Waals surface area contributed by atoms with Crippen molar-refractivity contribution in [2.24, 2.45) is 0 Å². The van der Waals surface area contributed by atoms with Crippen molar-refractivity contribution in [2.75, 3.05) is 25.1 Å². The van der Waals surface area contributed by atoms with Crippen molar-refractivity contribution in [3.05, 3.63) is 54.1 Å². The topological polar surface area (TPSA) is 30.5 Å². The van der Waals surface area contributed by atoms with Crippen LogP contribution in [-0.2, 0) is 0 Å². The van der Waals surface area contributed by atoms with Gasteiger partial charge in [0.1, 0.15) is 18.1 Å². The zero-order valence-electron chi connectivity index (χ0n) is 12.1. The molecule has 0 heterocycles. The van der Waals surface area contributed by atoms with Crippen molar-refractivity contribution < 1.29 is 9.47 Å². The average Bonchev–Trinajstić information content (AvgIpc) is 2.46. The minimum absolute atomic E-state index is 0.636. The fraction of sp³-hybridized carbons (Fsp3) is 0.294. The van der Waals surface area contributed by atoms with Gasteiger partial charge >= 0.3 is 0 Å². The molecule has 2 aromatic rings. The molecule has 2 rings (SSSR count). The summed E-state index contributed by atoms with van der Waals surface area (Å²) in [7, 11) is 0. The van der Waals surface area contributed by atoms with Gasteiger partial charge in [0, 0.05) is 12.2 Å². The predicted octanol–water partition coefficient (Wildman–Crippen LogP) is 3.88. The van der Waals surface area contributed by atoms with E-state index >= 15 is 0 Å². The number of hydrogen-bond acceptors (Lipinski definition) is 3. The molecule has 0 aliphatic rings. The number of nitrogens with one attached hydrogen (secondary N) is 1. The summed E-state index contributed by atoms with van der Waals surface area (Å²) < 4.78 is 11.1. The second-order valence-electron chi connectivity index (χ2n) is 4.55. The highest BCUT2D eigenvalue weighted by Crippen LogP contribution is 2.15. The fourth-order valence-electron chi connectivity index (χ4n) is 1.91. The Morgan fingerprint density at radius 3 is 2.45 bits per heavy atom. The van der Waals surface area contributed by atoms with Gasteiger partial charge in [0.15, 0.2) is 0 Å². The minimum Gasteiger partial charge on any atom is -0.494 e. The molecule has 0 aromatic heterocycles. The van der Waals surface area contributed by atoms with Gasteiger partial charge in [0.05, 0.1) is 6.61 Å². The summed E-state index contributed by atoms with van der Waals surface area (Å²) in [6.07, 6.45) is 0. The van der Waals surface area contributed by atoms with Crippen molar-refractivity contribution in [3.63, 3.8) is 0 Å². The lowest BCUT2D eigenvalue weighted by Crippen LogP contribution is -2.11. The molecule has 3 heteroatoms. The van der Waals surface area contributed by atoms with Gasteiger partial charge in [-0.25, -0.2) is 0 Å². The third-order valence-corrected chi connectivity index (χ3v) is 2.85. The maximum Gasteiger partial charge on any atom is 0.119 e. The van der Waals surface area contributed by atoms with Gasteiger partial charge in [-0.05, 0) is 55.8 Å². The Labute approximate surface area is 120 Å². The fourth-order valence-corrected chi connectivity index (χ4v) is 1.91. The Kier molecular flexibility index (Phi) is 5.30. The van der Waals surface area contributed by atoms with Crippen LogP contribution in [0.5, 0.6) is 11.5 Å². The molecule has 106 valence electrons. The molecule has 3 nitrogen and oxygen atoms in total. The lowest BCUT2D eigenvalue weighted by molar-refractivity contribution is 0.332. The first-order chi connectivity index (χ1) is 9.78. The average molecular weight is 271 g/mol. The third-order valence-electron chi connectivity index (χ3n) is 2.85. The molecule has 1 N–H and O–H groups in total. The van der Waals surface area contributed by atoms with Gasteiger partial charge in [-0.15, -0.1) is 0 Å². The Hall–Kier alpha value is -2.16. The van der Waals surface area contributed by atoms with Crippen molar-refractivity contribution >= 4 is 5.69 Å². The number of hydrogen-bond donors (Lipinski definition) is 1. The van der Waals surface area contributed by atoms with Crippen molar-refractivity contribution in [3.8, 4) is 11.5 Å². The van der Waals surface area contributed by atoms with Crippen LogP contribution in [0.4, 0.5) is 5.69 Å². The first-order valence-corrected chi connectivity index (χ1v) is 6.94. The molecular weight excluding hydrogens is 250 g/mol. The second kappa shape index (κ2) is 7.43. The van der Waals surface area contributed by atoms with Crippen LogP contribution in [0.1, 0.15) is 12.5 Å². The molecule has 2 aromatic carbocycles. The minimum atomic E-state index is 0.636. The van der Waals surface area contributed by atoms with Crippen LogP contribution in [0.25, 0.3) is 0 Å². The van der Waals surface area contributed by atoms with E-state index in [4.69, 9.17) is 9.47 Å². The largest absolute Gasteiger partial charge is 0.494 e. The summed E-state index contributed by atoms with van der Waals surface area (Å²) >= 11 is 0. The molecule has 0 fully saturated rings. The summed E-state index contributed by atoms with van der Waals surface area (Å²) in [5, 5.41) is 3.32. The number of ether oxygens (including phenoxy) is 2. The van der Waals surface area contributed by atoms with Crippen LogP contribution in [-0.4, -0.2) is 19.8 Å². The van der Waals surface area contributed by atoms with E-state index in [1.165, 1.54) is 5.56 Å². The van der Waals surface area contributed by atoms with E-state index in [0.717, 1.165) is 23.7 Å². The van der Waals surface area contributed by atoms with Gasteiger partial charge in [0.25, 0.3) is 0 Å². The van der Waals surface area contributed by atoms with Crippen LogP contribution in [0.2, 0.25) is 0 Å². The van der Waals surface area contributed by atoms with Crippen LogP contribution < -0.4 is 14.8 Å². The van der Waals surface area contributed by atoms with Gasteiger partial charge in [-0.2, -0.15) is 0 Å². The normalized spacial score (nSPS) is 10.1. The highest BCUT2D eigenvalue weighted by atomic mass is 16.5. The third kappa shape index (κ3) is 4.50. The highest BCUT2D eigenvalue weighted by Gasteiger charge is 1.96. The van der Waals surface area contributed by atoms with Gasteiger partial charge in [-0.3, -0.25) is 0 Å². The predicted molar refractivity (Wildman–Crippen MR) is 82.8 cm³/mol. The van der Waals surface area contributed by atoms with Crippen LogP contribution in [0.3, 0.4) is 0 Å². The lowest BCUT2D eigenvalue weighted by Gasteiger charge is -2.10. The maximum absolute atomic E-state index is 5.68. The van der Waals surface area contributed by atoms with E-state index in [1.54, 1.807) is 0 Å². The van der Waals surface area contributed by atoms with Crippen molar-refractivity contribution in [1.82, 2.24) is 0 Å². The summed E-state index contributed by atoms with van der Waals surface area (Å²) in [6.45, 7) is 6.13. The molecule has 0 aliphatic carbocycles. The zero-order valence-corrected chi connectivity index (χ0v) is 12.1. The summed E-state index contributed by atoms with van der Waals surface area (Å²) in [6, 6.07) is 16.0. The number of benzene rings is 2. The number of rotatable bonds is 7. The second-order valence-corrected chi connectivity index (χ2v) is 4.55. The lowest BCUT2D eigenvalue weighted by atomic mass is 10.2. The molecule has 0 saturated heterocycles. The smallest absolute Gasteiger partial charge is 0.119 e. The Morgan fingerprint density at radius 2 is 1.75 bits per heavy atom. The van der Waals surface area contributed by atoms with Crippen molar-refractivity contribution in [2.45, 2.75) is 13.8 Å². The summed E-state index contributed by atoms with van der Waals surface area (Å²) in [4.78, 5) is 0. The van der Waals surface area contributed by atoms with E-state index in [9.17, 15) is 0 Å². The van der Waals surface area contributed by atoms with Crippen LogP contribution in [0, 0.1) is 6.92 Å². The number of aryl methyl sites for hydroxylation is 1. The molecule has 0 atom stereocenters. The first-order valence-electron chi connectivity index (χ1n) is 6.94. The monoisotopic (exact) mass is 271 g/mol. The molecule has 0 bridgehead atoms. The molecular formula is C17H21NO2. The van der Waals surface area contributed by atoms with Crippen molar-refractivity contribution in [1.29, 1.82) is 0 Å². The molecule has 0 spiro atoms. The van der Waals surface area contributed by atoms with E-state index in [1.807, 2.05) is 49.4 Å². The highest BCUT2D eigenvalue weighted by molar-refractivity contribution is 5.46. The Bertz CT molecular complexity index is 523. The van der Waals surface area contributed by atoms with E-state index in [2.05, 4.69) is 18.3 Å². The van der Waals surface area contributed by atoms with E-state index < -0.39 is 0 Å². The Balaban J connectivity index is 1.73. The first kappa shape index (κ1) is 14.3. The molecule has 0 amide bonds. The zero-order chi connectivity index (χ0) is 14.2. The molecule has 0 unspecified atom stereocenters. The van der Waals surface area contributed by atoms with Crippen LogP contribution >= 0.6 is 0 Å².